The van der Waals surface area contributed by atoms with Gasteiger partial charge in [0, 0.05) is 24.2 Å². The Kier molecular flexibility index (Phi) is 6.42. The molecule has 1 aromatic heterocycles. The van der Waals surface area contributed by atoms with E-state index in [2.05, 4.69) is 28.5 Å². The number of nitrogens with zero attached hydrogens (tertiary/aromatic N) is 1. The Bertz CT molecular complexity index is 849. The van der Waals surface area contributed by atoms with Crippen LogP contribution in [0, 0.1) is 0 Å². The molecule has 2 aliphatic rings. The summed E-state index contributed by atoms with van der Waals surface area (Å²) in [5.41, 5.74) is 9.17. The first-order chi connectivity index (χ1) is 13.7. The van der Waals surface area contributed by atoms with E-state index >= 15 is 0 Å². The number of hydrogen-bond acceptors (Lipinski definition) is 5. The third-order valence-corrected chi connectivity index (χ3v) is 4.79. The summed E-state index contributed by atoms with van der Waals surface area (Å²) in [6.45, 7) is 7.52. The number of anilines is 1. The van der Waals surface area contributed by atoms with Crippen LogP contribution in [0.5, 0.6) is 0 Å². The molecular weight excluding hydrogens is 366 g/mol. The van der Waals surface area contributed by atoms with Crippen molar-refractivity contribution >= 4 is 11.9 Å². The third-order valence-electron chi connectivity index (χ3n) is 4.79. The summed E-state index contributed by atoms with van der Waals surface area (Å²) in [7, 11) is 0. The molecule has 0 aromatic carbocycles. The summed E-state index contributed by atoms with van der Waals surface area (Å²) in [5.74, 6) is 1.39. The van der Waals surface area contributed by atoms with Crippen molar-refractivity contribution in [3.05, 3.63) is 59.0 Å². The highest BCUT2D eigenvalue weighted by molar-refractivity contribution is 5.83. The minimum Gasteiger partial charge on any atom is -0.490 e. The van der Waals surface area contributed by atoms with Gasteiger partial charge >= 0.3 is 6.09 Å². The van der Waals surface area contributed by atoms with Gasteiger partial charge in [-0.05, 0) is 76.3 Å². The molecule has 6 nitrogen and oxygen atoms in total. The molecule has 0 radical (unpaired) electrons. The monoisotopic (exact) mass is 397 g/mol. The zero-order chi connectivity index (χ0) is 21.0. The maximum absolute atomic E-state index is 12.0. The molecule has 0 fully saturated rings. The van der Waals surface area contributed by atoms with Crippen molar-refractivity contribution in [2.75, 3.05) is 5.32 Å². The van der Waals surface area contributed by atoms with Crippen LogP contribution in [0.4, 0.5) is 10.6 Å². The molecule has 156 valence electrons. The summed E-state index contributed by atoms with van der Waals surface area (Å²) in [6, 6.07) is 3.87. The fourth-order valence-corrected chi connectivity index (χ4v) is 3.57. The SMILES string of the molecule is CC(Cc1ccnc(NC(=O)OC(C)(C)C)c1)OC1=CCC(N)C2=C1C=CCC2. The van der Waals surface area contributed by atoms with Gasteiger partial charge in [-0.15, -0.1) is 0 Å². The molecular formula is C23H31N3O3. The number of carbonyl (C=O) groups is 1. The largest absolute Gasteiger partial charge is 0.490 e. The molecule has 2 unspecified atom stereocenters. The Morgan fingerprint density at radius 1 is 1.41 bits per heavy atom. The molecule has 2 atom stereocenters. The van der Waals surface area contributed by atoms with Gasteiger partial charge in [-0.2, -0.15) is 0 Å². The van der Waals surface area contributed by atoms with Crippen molar-refractivity contribution in [2.45, 2.75) is 71.1 Å². The molecule has 0 spiro atoms. The molecule has 6 heteroatoms. The summed E-state index contributed by atoms with van der Waals surface area (Å²) in [5, 5.41) is 2.68. The zero-order valence-electron chi connectivity index (χ0n) is 17.7. The number of rotatable bonds is 5. The van der Waals surface area contributed by atoms with Crippen LogP contribution < -0.4 is 11.1 Å². The van der Waals surface area contributed by atoms with E-state index in [-0.39, 0.29) is 12.1 Å². The minimum absolute atomic E-state index is 0.0311. The van der Waals surface area contributed by atoms with E-state index in [4.69, 9.17) is 15.2 Å². The van der Waals surface area contributed by atoms with Gasteiger partial charge in [0.2, 0.25) is 0 Å². The molecule has 0 saturated carbocycles. The van der Waals surface area contributed by atoms with E-state index in [0.29, 0.717) is 12.2 Å². The predicted octanol–water partition coefficient (Wildman–Crippen LogP) is 4.64. The topological polar surface area (TPSA) is 86.5 Å². The van der Waals surface area contributed by atoms with Gasteiger partial charge in [0.25, 0.3) is 0 Å². The fourth-order valence-electron chi connectivity index (χ4n) is 3.57. The molecule has 0 saturated heterocycles. The molecule has 3 N–H and O–H groups in total. The number of nitrogens with one attached hydrogen (secondary N) is 1. The zero-order valence-corrected chi connectivity index (χ0v) is 17.7. The Labute approximate surface area is 172 Å². The molecule has 2 aliphatic carbocycles. The predicted molar refractivity (Wildman–Crippen MR) is 114 cm³/mol. The molecule has 3 rings (SSSR count). The summed E-state index contributed by atoms with van der Waals surface area (Å²) >= 11 is 0. The van der Waals surface area contributed by atoms with E-state index in [1.165, 1.54) is 5.57 Å². The number of nitrogens with two attached hydrogens (primary N) is 1. The Hall–Kier alpha value is -2.60. The van der Waals surface area contributed by atoms with Crippen LogP contribution in [0.2, 0.25) is 0 Å². The van der Waals surface area contributed by atoms with Gasteiger partial charge in [0.1, 0.15) is 17.2 Å². The van der Waals surface area contributed by atoms with Crippen LogP contribution in [0.1, 0.15) is 52.5 Å². The minimum atomic E-state index is -0.554. The number of allylic oxidation sites excluding steroid dienone is 2. The van der Waals surface area contributed by atoms with Crippen LogP contribution in [0.25, 0.3) is 0 Å². The Morgan fingerprint density at radius 3 is 2.97 bits per heavy atom. The van der Waals surface area contributed by atoms with E-state index in [1.807, 2.05) is 39.8 Å². The number of amides is 1. The first kappa shape index (κ1) is 21.1. The maximum Gasteiger partial charge on any atom is 0.413 e. The Balaban J connectivity index is 1.61. The number of ether oxygens (including phenoxy) is 2. The summed E-state index contributed by atoms with van der Waals surface area (Å²) < 4.78 is 11.5. The lowest BCUT2D eigenvalue weighted by Gasteiger charge is -2.29. The number of hydrogen-bond donors (Lipinski definition) is 2. The average molecular weight is 398 g/mol. The quantitative estimate of drug-likeness (QED) is 0.756. The second kappa shape index (κ2) is 8.82. The highest BCUT2D eigenvalue weighted by Crippen LogP contribution is 2.33. The maximum atomic E-state index is 12.0. The van der Waals surface area contributed by atoms with E-state index in [0.717, 1.165) is 36.2 Å². The first-order valence-corrected chi connectivity index (χ1v) is 10.2. The number of aromatic nitrogens is 1. The molecule has 0 aliphatic heterocycles. The highest BCUT2D eigenvalue weighted by Gasteiger charge is 2.24. The number of carbonyl (C=O) groups excluding carboxylic acids is 1. The van der Waals surface area contributed by atoms with Gasteiger partial charge in [-0.3, -0.25) is 5.32 Å². The van der Waals surface area contributed by atoms with Gasteiger partial charge < -0.3 is 15.2 Å². The second-order valence-electron chi connectivity index (χ2n) is 8.60. The Morgan fingerprint density at radius 2 is 2.21 bits per heavy atom. The molecule has 1 amide bonds. The van der Waals surface area contributed by atoms with Gasteiger partial charge in [0.05, 0.1) is 6.10 Å². The van der Waals surface area contributed by atoms with E-state index in [9.17, 15) is 4.79 Å². The lowest BCUT2D eigenvalue weighted by Crippen LogP contribution is -2.28. The van der Waals surface area contributed by atoms with Gasteiger partial charge in [-0.25, -0.2) is 9.78 Å². The second-order valence-corrected chi connectivity index (χ2v) is 8.60. The third kappa shape index (κ3) is 5.94. The average Bonchev–Trinajstić information content (AvgIpc) is 2.63. The van der Waals surface area contributed by atoms with Crippen LogP contribution in [-0.4, -0.2) is 28.8 Å². The van der Waals surface area contributed by atoms with Crippen molar-refractivity contribution in [3.8, 4) is 0 Å². The summed E-state index contributed by atoms with van der Waals surface area (Å²) in [6.07, 6.45) is 11.1. The van der Waals surface area contributed by atoms with Crippen LogP contribution in [-0.2, 0) is 15.9 Å². The van der Waals surface area contributed by atoms with Gasteiger partial charge in [0.15, 0.2) is 0 Å². The molecule has 0 bridgehead atoms. The van der Waals surface area contributed by atoms with Crippen molar-refractivity contribution in [1.82, 2.24) is 4.98 Å². The van der Waals surface area contributed by atoms with Crippen LogP contribution in [0.15, 0.2) is 53.5 Å². The lowest BCUT2D eigenvalue weighted by atomic mass is 9.86. The normalized spacial score (nSPS) is 19.9. The van der Waals surface area contributed by atoms with Crippen molar-refractivity contribution in [3.63, 3.8) is 0 Å². The standard InChI is InChI=1S/C23H31N3O3/c1-15(28-20-10-9-19(24)17-7-5-6-8-18(17)20)13-16-11-12-25-21(14-16)26-22(27)29-23(2,3)4/h6,8,10-12,14-15,19H,5,7,9,13,24H2,1-4H3,(H,25,26,27). The fraction of sp³-hybridized carbons (Fsp3) is 0.478. The van der Waals surface area contributed by atoms with Crippen molar-refractivity contribution in [1.29, 1.82) is 0 Å². The molecule has 29 heavy (non-hydrogen) atoms. The summed E-state index contributed by atoms with van der Waals surface area (Å²) in [4.78, 5) is 16.2. The smallest absolute Gasteiger partial charge is 0.413 e. The van der Waals surface area contributed by atoms with E-state index in [1.54, 1.807) is 6.20 Å². The van der Waals surface area contributed by atoms with Crippen molar-refractivity contribution in [2.24, 2.45) is 5.73 Å². The van der Waals surface area contributed by atoms with E-state index < -0.39 is 11.7 Å². The van der Waals surface area contributed by atoms with Crippen LogP contribution >= 0.6 is 0 Å². The number of pyridine rings is 1. The highest BCUT2D eigenvalue weighted by atomic mass is 16.6. The van der Waals surface area contributed by atoms with Crippen molar-refractivity contribution < 1.29 is 14.3 Å². The molecule has 1 heterocycles. The van der Waals surface area contributed by atoms with Crippen LogP contribution in [0.3, 0.4) is 0 Å². The van der Waals surface area contributed by atoms with Gasteiger partial charge in [-0.1, -0.05) is 12.2 Å². The lowest BCUT2D eigenvalue weighted by molar-refractivity contribution is 0.0635. The first-order valence-electron chi connectivity index (χ1n) is 10.2. The molecule has 1 aromatic rings.